The van der Waals surface area contributed by atoms with E-state index in [4.69, 9.17) is 4.42 Å². The molecular weight excluding hydrogens is 264 g/mol. The Balaban J connectivity index is 1.80. The van der Waals surface area contributed by atoms with Gasteiger partial charge in [0.2, 0.25) is 0 Å². The first-order valence-corrected chi connectivity index (χ1v) is 6.85. The van der Waals surface area contributed by atoms with Gasteiger partial charge in [-0.3, -0.25) is 4.79 Å². The van der Waals surface area contributed by atoms with Crippen LogP contribution in [0.5, 0.6) is 0 Å². The quantitative estimate of drug-likeness (QED) is 0.739. The Labute approximate surface area is 122 Å². The number of carbonyl (C=O) groups excluding carboxylic acids is 1. The van der Waals surface area contributed by atoms with Crippen molar-refractivity contribution in [1.29, 1.82) is 0 Å². The van der Waals surface area contributed by atoms with E-state index in [0.717, 1.165) is 22.4 Å². The first-order chi connectivity index (χ1) is 10.2. The van der Waals surface area contributed by atoms with Crippen LogP contribution in [-0.4, -0.2) is 17.9 Å². The Kier molecular flexibility index (Phi) is 2.51. The minimum Gasteiger partial charge on any atom is -0.457 e. The number of nitrogens with zero attached hydrogens (tertiary/aromatic N) is 1. The second kappa shape index (κ2) is 4.38. The van der Waals surface area contributed by atoms with E-state index in [1.807, 2.05) is 54.6 Å². The standard InChI is InChI=1S/C17H14N2O2/c1-19-16(15-10-11-6-2-5-9-14(11)21-15)18-13-8-4-3-7-12(13)17(19)20/h2-10,16,18H,1H3/t16-/m1/s1. The number of hydrogen-bond acceptors (Lipinski definition) is 3. The van der Waals surface area contributed by atoms with Crippen molar-refractivity contribution in [2.45, 2.75) is 6.17 Å². The molecule has 0 radical (unpaired) electrons. The van der Waals surface area contributed by atoms with Crippen LogP contribution in [0.4, 0.5) is 5.69 Å². The second-order valence-electron chi connectivity index (χ2n) is 5.20. The van der Waals surface area contributed by atoms with Crippen LogP contribution in [0.2, 0.25) is 0 Å². The van der Waals surface area contributed by atoms with Crippen molar-refractivity contribution in [3.63, 3.8) is 0 Å². The Morgan fingerprint density at radius 3 is 2.71 bits per heavy atom. The summed E-state index contributed by atoms with van der Waals surface area (Å²) >= 11 is 0. The Morgan fingerprint density at radius 1 is 1.10 bits per heavy atom. The summed E-state index contributed by atoms with van der Waals surface area (Å²) in [6, 6.07) is 17.3. The van der Waals surface area contributed by atoms with Crippen LogP contribution in [0, 0.1) is 0 Å². The molecule has 0 spiro atoms. The zero-order chi connectivity index (χ0) is 14.4. The van der Waals surface area contributed by atoms with Crippen LogP contribution in [0.3, 0.4) is 0 Å². The monoisotopic (exact) mass is 278 g/mol. The highest BCUT2D eigenvalue weighted by atomic mass is 16.3. The molecule has 2 aromatic carbocycles. The van der Waals surface area contributed by atoms with Gasteiger partial charge in [0.25, 0.3) is 5.91 Å². The lowest BCUT2D eigenvalue weighted by atomic mass is 10.1. The molecule has 1 amide bonds. The number of rotatable bonds is 1. The molecule has 0 fully saturated rings. The summed E-state index contributed by atoms with van der Waals surface area (Å²) in [6.45, 7) is 0. The molecule has 1 aromatic heterocycles. The number of nitrogens with one attached hydrogen (secondary N) is 1. The van der Waals surface area contributed by atoms with Crippen LogP contribution < -0.4 is 5.32 Å². The van der Waals surface area contributed by atoms with E-state index in [0.29, 0.717) is 5.56 Å². The minimum atomic E-state index is -0.292. The number of furan rings is 1. The first-order valence-electron chi connectivity index (χ1n) is 6.85. The lowest BCUT2D eigenvalue weighted by Gasteiger charge is -2.33. The van der Waals surface area contributed by atoms with Gasteiger partial charge in [-0.25, -0.2) is 0 Å². The van der Waals surface area contributed by atoms with E-state index < -0.39 is 0 Å². The van der Waals surface area contributed by atoms with Crippen molar-refractivity contribution in [2.75, 3.05) is 12.4 Å². The van der Waals surface area contributed by atoms with Gasteiger partial charge >= 0.3 is 0 Å². The van der Waals surface area contributed by atoms with Crippen LogP contribution in [0.15, 0.2) is 59.0 Å². The Bertz CT molecular complexity index is 804. The number of benzene rings is 2. The van der Waals surface area contributed by atoms with Gasteiger partial charge in [-0.1, -0.05) is 30.3 Å². The highest BCUT2D eigenvalue weighted by Crippen LogP contribution is 2.34. The fourth-order valence-electron chi connectivity index (χ4n) is 2.75. The van der Waals surface area contributed by atoms with Crippen LogP contribution in [0.25, 0.3) is 11.0 Å². The average Bonchev–Trinajstić information content (AvgIpc) is 2.94. The van der Waals surface area contributed by atoms with Gasteiger partial charge in [0, 0.05) is 18.1 Å². The van der Waals surface area contributed by atoms with Gasteiger partial charge in [-0.15, -0.1) is 0 Å². The van der Waals surface area contributed by atoms with E-state index in [2.05, 4.69) is 5.32 Å². The van der Waals surface area contributed by atoms with Gasteiger partial charge < -0.3 is 14.6 Å². The summed E-state index contributed by atoms with van der Waals surface area (Å²) in [7, 11) is 1.78. The molecule has 4 rings (SSSR count). The predicted molar refractivity (Wildman–Crippen MR) is 81.1 cm³/mol. The smallest absolute Gasteiger partial charge is 0.257 e. The number of carbonyl (C=O) groups is 1. The maximum absolute atomic E-state index is 12.5. The molecule has 0 bridgehead atoms. The van der Waals surface area contributed by atoms with E-state index >= 15 is 0 Å². The van der Waals surface area contributed by atoms with E-state index in [-0.39, 0.29) is 12.1 Å². The van der Waals surface area contributed by atoms with Crippen molar-refractivity contribution in [3.8, 4) is 0 Å². The van der Waals surface area contributed by atoms with Gasteiger partial charge in [-0.2, -0.15) is 0 Å². The Hall–Kier alpha value is -2.75. The van der Waals surface area contributed by atoms with Crippen LogP contribution in [0.1, 0.15) is 22.3 Å². The number of para-hydroxylation sites is 2. The molecule has 3 aromatic rings. The first kappa shape index (κ1) is 12.0. The van der Waals surface area contributed by atoms with Crippen molar-refractivity contribution >= 4 is 22.6 Å². The van der Waals surface area contributed by atoms with E-state index in [9.17, 15) is 4.79 Å². The molecule has 0 saturated heterocycles. The second-order valence-corrected chi connectivity index (χ2v) is 5.20. The fourth-order valence-corrected chi connectivity index (χ4v) is 2.75. The van der Waals surface area contributed by atoms with Crippen LogP contribution >= 0.6 is 0 Å². The molecule has 4 heteroatoms. The molecule has 1 atom stereocenters. The van der Waals surface area contributed by atoms with Crippen molar-refractivity contribution < 1.29 is 9.21 Å². The number of amides is 1. The molecule has 21 heavy (non-hydrogen) atoms. The topological polar surface area (TPSA) is 45.5 Å². The maximum atomic E-state index is 12.5. The highest BCUT2D eigenvalue weighted by Gasteiger charge is 2.31. The SMILES string of the molecule is CN1C(=O)c2ccccc2N[C@H]1c1cc2ccccc2o1. The molecular formula is C17H14N2O2. The lowest BCUT2D eigenvalue weighted by molar-refractivity contribution is 0.0720. The predicted octanol–water partition coefficient (Wildman–Crippen LogP) is 3.63. The summed E-state index contributed by atoms with van der Waals surface area (Å²) in [5.41, 5.74) is 2.35. The van der Waals surface area contributed by atoms with Crippen LogP contribution in [-0.2, 0) is 0 Å². The summed E-state index contributed by atoms with van der Waals surface area (Å²) < 4.78 is 5.88. The van der Waals surface area contributed by atoms with Crippen molar-refractivity contribution in [1.82, 2.24) is 4.90 Å². The molecule has 104 valence electrons. The Morgan fingerprint density at radius 2 is 1.86 bits per heavy atom. The molecule has 0 unspecified atom stereocenters. The molecule has 1 N–H and O–H groups in total. The summed E-state index contributed by atoms with van der Waals surface area (Å²) in [6.07, 6.45) is -0.292. The number of anilines is 1. The maximum Gasteiger partial charge on any atom is 0.257 e. The average molecular weight is 278 g/mol. The lowest BCUT2D eigenvalue weighted by Crippen LogP contribution is -2.39. The van der Waals surface area contributed by atoms with E-state index in [1.165, 1.54) is 0 Å². The summed E-state index contributed by atoms with van der Waals surface area (Å²) in [4.78, 5) is 14.1. The molecule has 1 aliphatic heterocycles. The zero-order valence-electron chi connectivity index (χ0n) is 11.5. The summed E-state index contributed by atoms with van der Waals surface area (Å²) in [5, 5.41) is 4.40. The third-order valence-corrected chi connectivity index (χ3v) is 3.87. The van der Waals surface area contributed by atoms with Crippen molar-refractivity contribution in [2.24, 2.45) is 0 Å². The van der Waals surface area contributed by atoms with E-state index in [1.54, 1.807) is 11.9 Å². The largest absolute Gasteiger partial charge is 0.457 e. The normalized spacial score (nSPS) is 17.7. The molecule has 4 nitrogen and oxygen atoms in total. The molecule has 2 heterocycles. The number of hydrogen-bond donors (Lipinski definition) is 1. The molecule has 1 aliphatic rings. The third kappa shape index (κ3) is 1.80. The number of fused-ring (bicyclic) bond motifs is 2. The fraction of sp³-hybridized carbons (Fsp3) is 0.118. The van der Waals surface area contributed by atoms with Gasteiger partial charge in [0.15, 0.2) is 6.17 Å². The molecule has 0 aliphatic carbocycles. The van der Waals surface area contributed by atoms with Gasteiger partial charge in [-0.05, 0) is 24.3 Å². The van der Waals surface area contributed by atoms with Gasteiger partial charge in [0.05, 0.1) is 5.56 Å². The zero-order valence-corrected chi connectivity index (χ0v) is 11.5. The minimum absolute atomic E-state index is 0.00481. The summed E-state index contributed by atoms with van der Waals surface area (Å²) in [5.74, 6) is 0.733. The third-order valence-electron chi connectivity index (χ3n) is 3.87. The highest BCUT2D eigenvalue weighted by molar-refractivity contribution is 6.01. The molecule has 0 saturated carbocycles. The van der Waals surface area contributed by atoms with Crippen molar-refractivity contribution in [3.05, 3.63) is 65.9 Å². The van der Waals surface area contributed by atoms with Gasteiger partial charge in [0.1, 0.15) is 11.3 Å².